The molecule has 0 aliphatic carbocycles. The van der Waals surface area contributed by atoms with Crippen molar-refractivity contribution in [2.24, 2.45) is 0 Å². The van der Waals surface area contributed by atoms with Crippen molar-refractivity contribution >= 4 is 21.6 Å². The van der Waals surface area contributed by atoms with E-state index in [4.69, 9.17) is 5.73 Å². The summed E-state index contributed by atoms with van der Waals surface area (Å²) in [5.74, 6) is -0.952. The number of pyridine rings is 1. The molecule has 0 aliphatic heterocycles. The molecular weight excluding hydrogens is 249 g/mol. The number of nitrogens with two attached hydrogens (primary N) is 1. The molecule has 2 nitrogen and oxygen atoms in total. The van der Waals surface area contributed by atoms with E-state index in [0.717, 1.165) is 6.07 Å². The molecule has 1 heterocycles. The molecule has 13 heavy (non-hydrogen) atoms. The maximum atomic E-state index is 12.9. The van der Waals surface area contributed by atoms with Gasteiger partial charge in [-0.2, -0.15) is 4.39 Å². The highest BCUT2D eigenvalue weighted by molar-refractivity contribution is 9.08. The third-order valence-corrected chi connectivity index (χ3v) is 2.05. The maximum absolute atomic E-state index is 12.9. The van der Waals surface area contributed by atoms with Crippen LogP contribution in [0.15, 0.2) is 6.07 Å². The average molecular weight is 255 g/mol. The highest BCUT2D eigenvalue weighted by Gasteiger charge is 2.15. The molecule has 0 fully saturated rings. The molecule has 0 atom stereocenters. The van der Waals surface area contributed by atoms with Crippen LogP contribution in [0.4, 0.5) is 18.9 Å². The molecule has 0 unspecified atom stereocenters. The predicted octanol–water partition coefficient (Wildman–Crippen LogP) is 2.64. The highest BCUT2D eigenvalue weighted by Crippen LogP contribution is 2.24. The molecular formula is C7H6BrF3N2. The van der Waals surface area contributed by atoms with Gasteiger partial charge in [-0.15, -0.1) is 0 Å². The number of hydrogen-bond acceptors (Lipinski definition) is 2. The van der Waals surface area contributed by atoms with Gasteiger partial charge in [0.15, 0.2) is 0 Å². The molecule has 0 radical (unpaired) electrons. The molecule has 6 heteroatoms. The Morgan fingerprint density at radius 3 is 2.54 bits per heavy atom. The summed E-state index contributed by atoms with van der Waals surface area (Å²) in [6.07, 6.45) is -2.80. The van der Waals surface area contributed by atoms with Crippen LogP contribution in [-0.2, 0) is 5.33 Å². The molecule has 72 valence electrons. The van der Waals surface area contributed by atoms with Gasteiger partial charge in [0.25, 0.3) is 6.43 Å². The van der Waals surface area contributed by atoms with Crippen molar-refractivity contribution in [3.05, 3.63) is 23.3 Å². The van der Waals surface area contributed by atoms with Crippen LogP contribution in [0.25, 0.3) is 0 Å². The number of aromatic nitrogens is 1. The fourth-order valence-electron chi connectivity index (χ4n) is 0.823. The lowest BCUT2D eigenvalue weighted by Crippen LogP contribution is -2.02. The van der Waals surface area contributed by atoms with E-state index in [9.17, 15) is 13.2 Å². The zero-order valence-electron chi connectivity index (χ0n) is 6.40. The minimum absolute atomic E-state index is 0.0142. The zero-order chi connectivity index (χ0) is 10.0. The predicted molar refractivity (Wildman–Crippen MR) is 46.2 cm³/mol. The Kier molecular flexibility index (Phi) is 3.13. The van der Waals surface area contributed by atoms with Crippen LogP contribution in [0.1, 0.15) is 17.7 Å². The van der Waals surface area contributed by atoms with Gasteiger partial charge < -0.3 is 5.73 Å². The zero-order valence-corrected chi connectivity index (χ0v) is 7.98. The van der Waals surface area contributed by atoms with Crippen molar-refractivity contribution in [1.82, 2.24) is 4.98 Å². The lowest BCUT2D eigenvalue weighted by Gasteiger charge is -2.05. The first kappa shape index (κ1) is 10.3. The average Bonchev–Trinajstić information content (AvgIpc) is 2.03. The first-order chi connectivity index (χ1) is 6.06. The molecule has 2 N–H and O–H groups in total. The number of hydrogen-bond donors (Lipinski definition) is 1. The Labute approximate surface area is 81.1 Å². The second kappa shape index (κ2) is 3.95. The van der Waals surface area contributed by atoms with Crippen molar-refractivity contribution in [3.63, 3.8) is 0 Å². The second-order valence-electron chi connectivity index (χ2n) is 2.34. The summed E-state index contributed by atoms with van der Waals surface area (Å²) in [4.78, 5) is 3.08. The van der Waals surface area contributed by atoms with E-state index in [0.29, 0.717) is 0 Å². The summed E-state index contributed by atoms with van der Waals surface area (Å²) in [6, 6.07) is 0.977. The number of halogens is 4. The molecule has 0 saturated heterocycles. The molecule has 0 aliphatic rings. The van der Waals surface area contributed by atoms with Crippen LogP contribution in [0, 0.1) is 5.95 Å². The van der Waals surface area contributed by atoms with Crippen LogP contribution in [0.5, 0.6) is 0 Å². The molecule has 1 aromatic heterocycles. The van der Waals surface area contributed by atoms with Crippen molar-refractivity contribution < 1.29 is 13.2 Å². The molecule has 1 rings (SSSR count). The number of anilines is 1. The first-order valence-corrected chi connectivity index (χ1v) is 4.47. The van der Waals surface area contributed by atoms with Crippen LogP contribution in [0.3, 0.4) is 0 Å². The Balaban J connectivity index is 3.20. The molecule has 0 saturated carbocycles. The van der Waals surface area contributed by atoms with E-state index >= 15 is 0 Å². The number of nitrogen functional groups attached to an aromatic ring is 1. The second-order valence-corrected chi connectivity index (χ2v) is 2.90. The quantitative estimate of drug-likeness (QED) is 0.651. The van der Waals surface area contributed by atoms with Gasteiger partial charge in [-0.3, -0.25) is 0 Å². The Morgan fingerprint density at radius 2 is 2.15 bits per heavy atom. The van der Waals surface area contributed by atoms with E-state index in [2.05, 4.69) is 20.9 Å². The fraction of sp³-hybridized carbons (Fsp3) is 0.286. The van der Waals surface area contributed by atoms with E-state index in [1.165, 1.54) is 0 Å². The van der Waals surface area contributed by atoms with Gasteiger partial charge in [0.05, 0.1) is 0 Å². The summed E-state index contributed by atoms with van der Waals surface area (Å²) in [5.41, 5.74) is 4.78. The van der Waals surface area contributed by atoms with Gasteiger partial charge in [-0.1, -0.05) is 15.9 Å². The summed E-state index contributed by atoms with van der Waals surface area (Å²) < 4.78 is 37.0. The SMILES string of the molecule is Nc1cc(C(F)F)nc(F)c1CBr. The minimum Gasteiger partial charge on any atom is -0.398 e. The summed E-state index contributed by atoms with van der Waals surface area (Å²) in [5, 5.41) is 0.154. The number of rotatable bonds is 2. The Morgan fingerprint density at radius 1 is 1.54 bits per heavy atom. The van der Waals surface area contributed by atoms with E-state index < -0.39 is 18.1 Å². The standard InChI is InChI=1S/C7H6BrF3N2/c8-2-3-4(12)1-5(6(9)10)13-7(3)11/h1,6H,2H2,(H2,12,13). The van der Waals surface area contributed by atoms with Gasteiger partial charge in [-0.25, -0.2) is 13.8 Å². The van der Waals surface area contributed by atoms with Crippen LogP contribution in [-0.4, -0.2) is 4.98 Å². The Bertz CT molecular complexity index is 294. The fourth-order valence-corrected chi connectivity index (χ4v) is 1.38. The van der Waals surface area contributed by atoms with Gasteiger partial charge in [0, 0.05) is 16.6 Å². The third kappa shape index (κ3) is 2.12. The Hall–Kier alpha value is -0.780. The third-order valence-electron chi connectivity index (χ3n) is 1.49. The topological polar surface area (TPSA) is 38.9 Å². The first-order valence-electron chi connectivity index (χ1n) is 3.35. The smallest absolute Gasteiger partial charge is 0.280 e. The van der Waals surface area contributed by atoms with E-state index in [1.54, 1.807) is 0 Å². The van der Waals surface area contributed by atoms with Crippen LogP contribution in [0.2, 0.25) is 0 Å². The molecule has 0 spiro atoms. The van der Waals surface area contributed by atoms with Gasteiger partial charge in [-0.05, 0) is 6.07 Å². The summed E-state index contributed by atoms with van der Waals surface area (Å²) in [6.45, 7) is 0. The van der Waals surface area contributed by atoms with Crippen molar-refractivity contribution in [2.45, 2.75) is 11.8 Å². The maximum Gasteiger partial charge on any atom is 0.280 e. The lowest BCUT2D eigenvalue weighted by molar-refractivity contribution is 0.145. The summed E-state index contributed by atoms with van der Waals surface area (Å²) in [7, 11) is 0. The van der Waals surface area contributed by atoms with Crippen molar-refractivity contribution in [1.29, 1.82) is 0 Å². The monoisotopic (exact) mass is 254 g/mol. The van der Waals surface area contributed by atoms with Gasteiger partial charge >= 0.3 is 0 Å². The van der Waals surface area contributed by atoms with Gasteiger partial charge in [0.2, 0.25) is 5.95 Å². The molecule has 1 aromatic rings. The number of nitrogens with zero attached hydrogens (tertiary/aromatic N) is 1. The summed E-state index contributed by atoms with van der Waals surface area (Å²) >= 11 is 2.97. The van der Waals surface area contributed by atoms with Crippen LogP contribution >= 0.6 is 15.9 Å². The molecule has 0 amide bonds. The van der Waals surface area contributed by atoms with E-state index in [1.807, 2.05) is 0 Å². The lowest BCUT2D eigenvalue weighted by atomic mass is 10.2. The van der Waals surface area contributed by atoms with Gasteiger partial charge in [0.1, 0.15) is 5.69 Å². The largest absolute Gasteiger partial charge is 0.398 e. The van der Waals surface area contributed by atoms with Crippen molar-refractivity contribution in [2.75, 3.05) is 5.73 Å². The molecule has 0 bridgehead atoms. The minimum atomic E-state index is -2.80. The molecule has 0 aromatic carbocycles. The van der Waals surface area contributed by atoms with E-state index in [-0.39, 0.29) is 16.6 Å². The van der Waals surface area contributed by atoms with Crippen LogP contribution < -0.4 is 5.73 Å². The normalized spacial score (nSPS) is 10.8. The van der Waals surface area contributed by atoms with Crippen molar-refractivity contribution in [3.8, 4) is 0 Å². The number of alkyl halides is 3. The highest BCUT2D eigenvalue weighted by atomic mass is 79.9.